The molecule has 0 aliphatic heterocycles. The third kappa shape index (κ3) is 3.27. The molecule has 0 amide bonds. The van der Waals surface area contributed by atoms with Gasteiger partial charge in [0.15, 0.2) is 0 Å². The van der Waals surface area contributed by atoms with Crippen LogP contribution < -0.4 is 0 Å². The van der Waals surface area contributed by atoms with E-state index in [1.807, 2.05) is 66.9 Å². The second-order valence-electron chi connectivity index (χ2n) is 6.40. The van der Waals surface area contributed by atoms with Crippen molar-refractivity contribution in [2.24, 2.45) is 5.10 Å². The van der Waals surface area contributed by atoms with E-state index >= 15 is 0 Å². The van der Waals surface area contributed by atoms with Crippen molar-refractivity contribution < 1.29 is 0 Å². The van der Waals surface area contributed by atoms with Crippen LogP contribution in [0.25, 0.3) is 33.8 Å². The van der Waals surface area contributed by atoms with Gasteiger partial charge in [-0.1, -0.05) is 54.6 Å². The van der Waals surface area contributed by atoms with E-state index in [9.17, 15) is 0 Å². The molecule has 3 aromatic heterocycles. The van der Waals surface area contributed by atoms with Crippen LogP contribution in [0.2, 0.25) is 0 Å². The molecular weight excluding hydrogens is 360 g/mol. The number of fused-ring (bicyclic) bond motifs is 1. The van der Waals surface area contributed by atoms with Crippen LogP contribution in [0.1, 0.15) is 5.56 Å². The van der Waals surface area contributed by atoms with Crippen LogP contribution in [0.3, 0.4) is 0 Å². The number of hydrogen-bond acceptors (Lipinski definition) is 5. The topological polar surface area (TPSA) is 68.8 Å². The van der Waals surface area contributed by atoms with Crippen molar-refractivity contribution in [3.05, 3.63) is 96.8 Å². The molecule has 6 heteroatoms. The van der Waals surface area contributed by atoms with Crippen LogP contribution in [0.5, 0.6) is 0 Å². The lowest BCUT2D eigenvalue weighted by Gasteiger charge is -2.05. The number of nitrogens with zero attached hydrogens (tertiary/aromatic N) is 6. The second kappa shape index (κ2) is 7.44. The van der Waals surface area contributed by atoms with Crippen molar-refractivity contribution in [3.63, 3.8) is 0 Å². The molecule has 0 radical (unpaired) electrons. The van der Waals surface area contributed by atoms with Crippen molar-refractivity contribution in [1.29, 1.82) is 0 Å². The first-order valence-electron chi connectivity index (χ1n) is 9.20. The van der Waals surface area contributed by atoms with Gasteiger partial charge in [0.2, 0.25) is 11.6 Å². The molecule has 138 valence electrons. The molecule has 0 fully saturated rings. The minimum Gasteiger partial charge on any atom is -0.253 e. The van der Waals surface area contributed by atoms with Gasteiger partial charge in [-0.15, -0.1) is 10.2 Å². The normalized spacial score (nSPS) is 11.3. The Balaban J connectivity index is 1.66. The Morgan fingerprint density at radius 3 is 1.93 bits per heavy atom. The molecule has 0 saturated heterocycles. The summed E-state index contributed by atoms with van der Waals surface area (Å²) in [5.41, 5.74) is 2.39. The van der Waals surface area contributed by atoms with Crippen molar-refractivity contribution in [1.82, 2.24) is 24.8 Å². The van der Waals surface area contributed by atoms with Crippen molar-refractivity contribution in [2.45, 2.75) is 0 Å². The maximum absolute atomic E-state index is 4.73. The van der Waals surface area contributed by atoms with Crippen LogP contribution in [-0.4, -0.2) is 31.1 Å². The van der Waals surface area contributed by atoms with Crippen LogP contribution in [0.4, 0.5) is 0 Å². The molecule has 0 spiro atoms. The molecule has 29 heavy (non-hydrogen) atoms. The van der Waals surface area contributed by atoms with Gasteiger partial charge >= 0.3 is 0 Å². The van der Waals surface area contributed by atoms with E-state index in [-0.39, 0.29) is 0 Å². The summed E-state index contributed by atoms with van der Waals surface area (Å²) >= 11 is 0. The zero-order valence-electron chi connectivity index (χ0n) is 15.4. The zero-order chi connectivity index (χ0) is 19.5. The summed E-state index contributed by atoms with van der Waals surface area (Å²) in [5.74, 6) is 1.12. The predicted octanol–water partition coefficient (Wildman–Crippen LogP) is 4.44. The van der Waals surface area contributed by atoms with E-state index in [1.54, 1.807) is 17.1 Å². The van der Waals surface area contributed by atoms with Crippen molar-refractivity contribution >= 4 is 17.0 Å². The second-order valence-corrected chi connectivity index (χ2v) is 6.40. The van der Waals surface area contributed by atoms with Crippen LogP contribution >= 0.6 is 0 Å². The third-order valence-corrected chi connectivity index (χ3v) is 4.56. The Labute approximate surface area is 167 Å². The Kier molecular flexibility index (Phi) is 4.35. The third-order valence-electron chi connectivity index (χ3n) is 4.56. The highest BCUT2D eigenvalue weighted by Gasteiger charge is 2.16. The minimum atomic E-state index is 0.558. The highest BCUT2D eigenvalue weighted by molar-refractivity contribution is 5.99. The predicted molar refractivity (Wildman–Crippen MR) is 113 cm³/mol. The quantitative estimate of drug-likeness (QED) is 0.435. The fraction of sp³-hybridized carbons (Fsp3) is 0. The average Bonchev–Trinajstić information content (AvgIpc) is 3.23. The Morgan fingerprint density at radius 1 is 0.655 bits per heavy atom. The van der Waals surface area contributed by atoms with Crippen LogP contribution in [0, 0.1) is 0 Å². The van der Waals surface area contributed by atoms with Gasteiger partial charge in [0.05, 0.1) is 6.21 Å². The summed E-state index contributed by atoms with van der Waals surface area (Å²) in [4.78, 5) is 8.81. The lowest BCUT2D eigenvalue weighted by atomic mass is 10.1. The van der Waals surface area contributed by atoms with Crippen LogP contribution in [-0.2, 0) is 0 Å². The SMILES string of the molecule is C(=N\n1c(-c2ccccn2)nnc1-c1ccccn1)/c1cccc2ccccc12. The fourth-order valence-electron chi connectivity index (χ4n) is 3.18. The number of rotatable bonds is 4. The van der Waals surface area contributed by atoms with E-state index in [0.717, 1.165) is 16.3 Å². The summed E-state index contributed by atoms with van der Waals surface area (Å²) in [5, 5.41) is 15.7. The molecule has 3 heterocycles. The number of pyridine rings is 2. The number of benzene rings is 2. The highest BCUT2D eigenvalue weighted by atomic mass is 15.5. The number of aromatic nitrogens is 5. The van der Waals surface area contributed by atoms with E-state index < -0.39 is 0 Å². The maximum atomic E-state index is 4.73. The highest BCUT2D eigenvalue weighted by Crippen LogP contribution is 2.22. The van der Waals surface area contributed by atoms with Gasteiger partial charge in [0, 0.05) is 18.0 Å². The van der Waals surface area contributed by atoms with Gasteiger partial charge < -0.3 is 0 Å². The molecule has 5 aromatic rings. The lowest BCUT2D eigenvalue weighted by Crippen LogP contribution is -1.99. The standard InChI is InChI=1S/C23H16N6/c1-2-11-19-17(8-1)9-7-10-18(19)16-26-29-22(20-12-3-5-14-24-20)27-28-23(29)21-13-4-6-15-25-21/h1-16H/b26-16+. The average molecular weight is 376 g/mol. The van der Waals surface area contributed by atoms with Crippen LogP contribution in [0.15, 0.2) is 96.4 Å². The summed E-state index contributed by atoms with van der Waals surface area (Å²) in [6, 6.07) is 25.7. The Bertz CT molecular complexity index is 1230. The minimum absolute atomic E-state index is 0.558. The van der Waals surface area contributed by atoms with E-state index in [2.05, 4.69) is 38.4 Å². The van der Waals surface area contributed by atoms with Gasteiger partial charge in [0.25, 0.3) is 0 Å². The van der Waals surface area contributed by atoms with Gasteiger partial charge in [-0.25, -0.2) is 0 Å². The first kappa shape index (κ1) is 16.9. The van der Waals surface area contributed by atoms with E-state index in [1.165, 1.54) is 0 Å². The monoisotopic (exact) mass is 376 g/mol. The molecule has 6 nitrogen and oxygen atoms in total. The molecule has 0 aliphatic rings. The van der Waals surface area contributed by atoms with E-state index in [4.69, 9.17) is 5.10 Å². The molecular formula is C23H16N6. The van der Waals surface area contributed by atoms with Gasteiger partial charge in [-0.2, -0.15) is 9.78 Å². The Hall–Kier alpha value is -4.19. The summed E-state index contributed by atoms with van der Waals surface area (Å²) < 4.78 is 1.69. The smallest absolute Gasteiger partial charge is 0.203 e. The lowest BCUT2D eigenvalue weighted by molar-refractivity contribution is 0.887. The molecule has 0 aliphatic carbocycles. The van der Waals surface area contributed by atoms with E-state index in [0.29, 0.717) is 23.0 Å². The van der Waals surface area contributed by atoms with Crippen molar-refractivity contribution in [2.75, 3.05) is 0 Å². The molecule has 0 saturated carbocycles. The summed E-state index contributed by atoms with van der Waals surface area (Å²) in [7, 11) is 0. The molecule has 0 bridgehead atoms. The summed E-state index contributed by atoms with van der Waals surface area (Å²) in [6.45, 7) is 0. The molecule has 0 atom stereocenters. The van der Waals surface area contributed by atoms with Crippen molar-refractivity contribution in [3.8, 4) is 23.0 Å². The van der Waals surface area contributed by atoms with Gasteiger partial charge in [-0.3, -0.25) is 9.97 Å². The summed E-state index contributed by atoms with van der Waals surface area (Å²) in [6.07, 6.45) is 5.27. The van der Waals surface area contributed by atoms with Gasteiger partial charge in [0.1, 0.15) is 11.4 Å². The molecule has 0 N–H and O–H groups in total. The zero-order valence-corrected chi connectivity index (χ0v) is 15.4. The maximum Gasteiger partial charge on any atom is 0.203 e. The largest absolute Gasteiger partial charge is 0.253 e. The molecule has 2 aromatic carbocycles. The Morgan fingerprint density at radius 2 is 1.28 bits per heavy atom. The first-order valence-corrected chi connectivity index (χ1v) is 9.20. The number of hydrogen-bond donors (Lipinski definition) is 0. The first-order chi connectivity index (χ1) is 14.4. The molecule has 0 unspecified atom stereocenters. The van der Waals surface area contributed by atoms with Gasteiger partial charge in [-0.05, 0) is 35.0 Å². The molecule has 5 rings (SSSR count). The fourth-order valence-corrected chi connectivity index (χ4v) is 3.18.